The second-order valence-corrected chi connectivity index (χ2v) is 3.19. The normalized spacial score (nSPS) is 13.1. The number of hydrogen-bond acceptors (Lipinski definition) is 3. The van der Waals surface area contributed by atoms with Gasteiger partial charge < -0.3 is 5.11 Å². The first-order valence-electron chi connectivity index (χ1n) is 3.28. The average Bonchev–Trinajstić information content (AvgIpc) is 1.94. The van der Waals surface area contributed by atoms with E-state index in [0.29, 0.717) is 5.82 Å². The van der Waals surface area contributed by atoms with Crippen molar-refractivity contribution in [2.45, 2.75) is 20.0 Å². The van der Waals surface area contributed by atoms with Crippen LogP contribution >= 0.6 is 15.9 Å². The summed E-state index contributed by atoms with van der Waals surface area (Å²) in [6.07, 6.45) is 1.05. The Morgan fingerprint density at radius 2 is 2.27 bits per heavy atom. The van der Waals surface area contributed by atoms with Crippen molar-refractivity contribution in [3.05, 3.63) is 22.2 Å². The molecule has 0 aliphatic rings. The fourth-order valence-corrected chi connectivity index (χ4v) is 0.863. The van der Waals surface area contributed by atoms with E-state index in [9.17, 15) is 0 Å². The van der Waals surface area contributed by atoms with E-state index in [-0.39, 0.29) is 0 Å². The third-order valence-electron chi connectivity index (χ3n) is 1.31. The molecule has 1 aromatic rings. The van der Waals surface area contributed by atoms with Gasteiger partial charge in [0, 0.05) is 6.20 Å². The summed E-state index contributed by atoms with van der Waals surface area (Å²) in [6, 6.07) is 0. The van der Waals surface area contributed by atoms with E-state index in [2.05, 4.69) is 25.9 Å². The number of aromatic nitrogens is 2. The molecule has 11 heavy (non-hydrogen) atoms. The fourth-order valence-electron chi connectivity index (χ4n) is 0.672. The predicted molar refractivity (Wildman–Crippen MR) is 45.1 cm³/mol. The Bertz CT molecular complexity index is 263. The lowest BCUT2D eigenvalue weighted by molar-refractivity contribution is 0.188. The van der Waals surface area contributed by atoms with Crippen molar-refractivity contribution < 1.29 is 5.11 Å². The summed E-state index contributed by atoms with van der Waals surface area (Å²) in [5, 5.41) is 9.10. The van der Waals surface area contributed by atoms with Gasteiger partial charge in [0.2, 0.25) is 0 Å². The van der Waals surface area contributed by atoms with Crippen molar-refractivity contribution in [1.29, 1.82) is 0 Å². The molecule has 60 valence electrons. The lowest BCUT2D eigenvalue weighted by atomic mass is 10.3. The monoisotopic (exact) mass is 216 g/mol. The molecule has 1 aromatic heterocycles. The number of halogens is 1. The Morgan fingerprint density at radius 3 is 2.73 bits per heavy atom. The Balaban J connectivity index is 3.05. The largest absolute Gasteiger partial charge is 0.385 e. The molecule has 1 unspecified atom stereocenters. The van der Waals surface area contributed by atoms with Crippen molar-refractivity contribution in [3.8, 4) is 0 Å². The van der Waals surface area contributed by atoms with Crippen molar-refractivity contribution in [2.24, 2.45) is 0 Å². The molecule has 0 aliphatic carbocycles. The summed E-state index contributed by atoms with van der Waals surface area (Å²) in [5.74, 6) is 0.464. The molecule has 4 heteroatoms. The molecule has 0 saturated heterocycles. The highest BCUT2D eigenvalue weighted by Crippen LogP contribution is 2.14. The van der Waals surface area contributed by atoms with Crippen molar-refractivity contribution >= 4 is 15.9 Å². The molecule has 0 amide bonds. The third-order valence-corrected chi connectivity index (χ3v) is 2.09. The van der Waals surface area contributed by atoms with Crippen LogP contribution in [0.25, 0.3) is 0 Å². The first kappa shape index (κ1) is 8.62. The quantitative estimate of drug-likeness (QED) is 0.777. The third kappa shape index (κ3) is 1.97. The predicted octanol–water partition coefficient (Wildman–Crippen LogP) is 1.60. The van der Waals surface area contributed by atoms with Gasteiger partial charge in [-0.15, -0.1) is 0 Å². The summed E-state index contributed by atoms with van der Waals surface area (Å²) in [7, 11) is 0. The zero-order valence-electron chi connectivity index (χ0n) is 6.37. The molecule has 1 heterocycles. The molecule has 0 spiro atoms. The smallest absolute Gasteiger partial charge is 0.156 e. The number of aliphatic hydroxyl groups excluding tert-OH is 1. The molecular weight excluding hydrogens is 208 g/mol. The molecule has 0 fully saturated rings. The van der Waals surface area contributed by atoms with Gasteiger partial charge in [0.05, 0.1) is 10.2 Å². The van der Waals surface area contributed by atoms with Crippen LogP contribution in [0.2, 0.25) is 0 Å². The van der Waals surface area contributed by atoms with Crippen LogP contribution in [0.3, 0.4) is 0 Å². The Labute approximate surface area is 73.6 Å². The first-order chi connectivity index (χ1) is 5.11. The molecule has 0 bridgehead atoms. The average molecular weight is 217 g/mol. The summed E-state index contributed by atoms with van der Waals surface area (Å²) in [6.45, 7) is 3.50. The van der Waals surface area contributed by atoms with Gasteiger partial charge in [-0.05, 0) is 29.8 Å². The lowest BCUT2D eigenvalue weighted by Gasteiger charge is -2.03. The van der Waals surface area contributed by atoms with E-state index in [1.165, 1.54) is 0 Å². The summed E-state index contributed by atoms with van der Waals surface area (Å²) in [4.78, 5) is 7.99. The van der Waals surface area contributed by atoms with Crippen LogP contribution in [0, 0.1) is 6.92 Å². The summed E-state index contributed by atoms with van der Waals surface area (Å²) >= 11 is 3.27. The minimum absolute atomic E-state index is 0.464. The van der Waals surface area contributed by atoms with Crippen LogP contribution in [0.5, 0.6) is 0 Å². The van der Waals surface area contributed by atoms with Gasteiger partial charge in [-0.25, -0.2) is 9.97 Å². The van der Waals surface area contributed by atoms with Crippen LogP contribution in [0.1, 0.15) is 24.5 Å². The van der Waals surface area contributed by atoms with Crippen molar-refractivity contribution in [1.82, 2.24) is 9.97 Å². The zero-order chi connectivity index (χ0) is 8.43. The molecule has 1 rings (SSSR count). The minimum Gasteiger partial charge on any atom is -0.385 e. The zero-order valence-corrected chi connectivity index (χ0v) is 7.96. The van der Waals surface area contributed by atoms with E-state index in [1.54, 1.807) is 13.1 Å². The molecule has 0 aromatic carbocycles. The van der Waals surface area contributed by atoms with Crippen molar-refractivity contribution in [3.63, 3.8) is 0 Å². The van der Waals surface area contributed by atoms with E-state index in [1.807, 2.05) is 6.92 Å². The standard InChI is InChI=1S/C7H9BrN2O/c1-4-6(8)3-9-7(10-4)5(2)11/h3,5,11H,1-2H3. The van der Waals surface area contributed by atoms with Gasteiger partial charge in [0.15, 0.2) is 5.82 Å². The van der Waals surface area contributed by atoms with Crippen LogP contribution < -0.4 is 0 Å². The number of aliphatic hydroxyl groups is 1. The maximum atomic E-state index is 9.10. The molecule has 1 N–H and O–H groups in total. The Kier molecular flexibility index (Phi) is 2.57. The highest BCUT2D eigenvalue weighted by atomic mass is 79.9. The molecule has 1 atom stereocenters. The maximum Gasteiger partial charge on any atom is 0.156 e. The van der Waals surface area contributed by atoms with Gasteiger partial charge in [0.1, 0.15) is 6.10 Å². The maximum absolute atomic E-state index is 9.10. The molecule has 0 saturated carbocycles. The lowest BCUT2D eigenvalue weighted by Crippen LogP contribution is -2.00. The highest BCUT2D eigenvalue weighted by Gasteiger charge is 2.05. The van der Waals surface area contributed by atoms with Gasteiger partial charge in [0.25, 0.3) is 0 Å². The number of aryl methyl sites for hydroxylation is 1. The minimum atomic E-state index is -0.596. The SMILES string of the molecule is Cc1nc(C(C)O)ncc1Br. The highest BCUT2D eigenvalue weighted by molar-refractivity contribution is 9.10. The van der Waals surface area contributed by atoms with Crippen molar-refractivity contribution in [2.75, 3.05) is 0 Å². The van der Waals surface area contributed by atoms with Gasteiger partial charge in [-0.2, -0.15) is 0 Å². The number of hydrogen-bond donors (Lipinski definition) is 1. The van der Waals surface area contributed by atoms with Crippen LogP contribution in [-0.2, 0) is 0 Å². The van der Waals surface area contributed by atoms with Crippen LogP contribution in [0.4, 0.5) is 0 Å². The topological polar surface area (TPSA) is 46.0 Å². The van der Waals surface area contributed by atoms with Gasteiger partial charge >= 0.3 is 0 Å². The van der Waals surface area contributed by atoms with Gasteiger partial charge in [-0.1, -0.05) is 0 Å². The second-order valence-electron chi connectivity index (χ2n) is 2.34. The number of nitrogens with zero attached hydrogens (tertiary/aromatic N) is 2. The van der Waals surface area contributed by atoms with E-state index in [4.69, 9.17) is 5.11 Å². The van der Waals surface area contributed by atoms with E-state index >= 15 is 0 Å². The second kappa shape index (κ2) is 3.28. The van der Waals surface area contributed by atoms with Crippen LogP contribution in [0.15, 0.2) is 10.7 Å². The molecule has 3 nitrogen and oxygen atoms in total. The van der Waals surface area contributed by atoms with Gasteiger partial charge in [-0.3, -0.25) is 0 Å². The molecule has 0 aliphatic heterocycles. The Hall–Kier alpha value is -0.480. The summed E-state index contributed by atoms with van der Waals surface area (Å²) < 4.78 is 0.863. The van der Waals surface area contributed by atoms with Crippen LogP contribution in [-0.4, -0.2) is 15.1 Å². The van der Waals surface area contributed by atoms with E-state index < -0.39 is 6.10 Å². The first-order valence-corrected chi connectivity index (χ1v) is 4.07. The molecular formula is C7H9BrN2O. The number of rotatable bonds is 1. The van der Waals surface area contributed by atoms with E-state index in [0.717, 1.165) is 10.2 Å². The summed E-state index contributed by atoms with van der Waals surface area (Å²) in [5.41, 5.74) is 0.843. The Morgan fingerprint density at radius 1 is 1.64 bits per heavy atom. The fraction of sp³-hybridized carbons (Fsp3) is 0.429. The molecule has 0 radical (unpaired) electrons.